The average molecular weight is 240 g/mol. The molecule has 0 aromatic rings. The van der Waals surface area contributed by atoms with Gasteiger partial charge < -0.3 is 0 Å². The van der Waals surface area contributed by atoms with Gasteiger partial charge in [0.25, 0.3) is 0 Å². The predicted molar refractivity (Wildman–Crippen MR) is 51.6 cm³/mol. The van der Waals surface area contributed by atoms with E-state index in [4.69, 9.17) is 0 Å². The van der Waals surface area contributed by atoms with E-state index >= 15 is 0 Å². The predicted octanol–water partition coefficient (Wildman–Crippen LogP) is 3.50. The normalized spacial score (nSPS) is 133. The van der Waals surface area contributed by atoms with Crippen LogP contribution < -0.4 is 0 Å². The van der Waals surface area contributed by atoms with Crippen LogP contribution in [0, 0.1) is 0 Å². The molecule has 1 spiro atoms. The van der Waals surface area contributed by atoms with Crippen molar-refractivity contribution in [3.63, 3.8) is 0 Å². The number of carbonyl (C=O) groups is 1. The van der Waals surface area contributed by atoms with Crippen molar-refractivity contribution < 1.29 is 11.3 Å². The second-order valence-corrected chi connectivity index (χ2v) is 33.8. The fraction of sp³-hybridized carbons (Fsp3) is 0.769. The summed E-state index contributed by atoms with van der Waals surface area (Å²) in [6.07, 6.45) is 1.74. The molecular weight excluding hydrogens is 228 g/mol. The fourth-order valence-electron chi connectivity index (χ4n) is 17.0. The van der Waals surface area contributed by atoms with Crippen LogP contribution >= 0.6 is 0 Å². The van der Waals surface area contributed by atoms with E-state index in [1.54, 1.807) is 6.08 Å². The molecule has 0 saturated carbocycles. The molecule has 10 heterocycles. The molecule has 15 heavy (non-hydrogen) atoms. The number of hydrogen-bond donors (Lipinski definition) is 0. The van der Waals surface area contributed by atoms with Crippen molar-refractivity contribution in [3.05, 3.63) is 12.7 Å². The first-order valence-corrected chi connectivity index (χ1v) is 12.7. The van der Waals surface area contributed by atoms with Gasteiger partial charge in [0, 0.05) is 0 Å². The van der Waals surface area contributed by atoms with Gasteiger partial charge in [0.15, 0.2) is 0 Å². The molecule has 10 aliphatic rings. The van der Waals surface area contributed by atoms with Crippen LogP contribution in [-0.4, -0.2) is 5.78 Å². The van der Waals surface area contributed by atoms with E-state index in [1.807, 2.05) is 0 Å². The Bertz CT molecular complexity index is 890. The number of rotatable bonds is 2. The minimum absolute atomic E-state index is 0.445. The second-order valence-electron chi connectivity index (χ2n) is 10.2. The second kappa shape index (κ2) is 0.347. The number of fused-ring (bicyclic) bond motifs is 10. The first-order valence-electron chi connectivity index (χ1n) is 6.41. The van der Waals surface area contributed by atoms with Gasteiger partial charge in [0.2, 0.25) is 0 Å². The Labute approximate surface area is 77.6 Å². The van der Waals surface area contributed by atoms with E-state index in [-0.39, 0.29) is 0 Å². The zero-order chi connectivity index (χ0) is 9.30. The molecule has 10 aliphatic heterocycles. The van der Waals surface area contributed by atoms with Gasteiger partial charge in [-0.25, -0.2) is 0 Å². The summed E-state index contributed by atoms with van der Waals surface area (Å²) >= 11 is 0. The van der Waals surface area contributed by atoms with Gasteiger partial charge in [-0.05, 0) is 0 Å². The van der Waals surface area contributed by atoms with Gasteiger partial charge in [0.1, 0.15) is 0 Å². The quantitative estimate of drug-likeness (QED) is 0.533. The number of allylic oxidation sites excluding steroid dienone is 1. The van der Waals surface area contributed by atoms with Crippen molar-refractivity contribution in [1.82, 2.24) is 0 Å². The van der Waals surface area contributed by atoms with Gasteiger partial charge >= 0.3 is 77.4 Å². The molecule has 4 atom stereocenters. The Morgan fingerprint density at radius 3 is 1.67 bits per heavy atom. The number of hydrogen-bond acceptors (Lipinski definition) is 1. The summed E-state index contributed by atoms with van der Waals surface area (Å²) in [6, 6.07) is 0. The molecule has 10 saturated heterocycles. The van der Waals surface area contributed by atoms with E-state index in [0.29, 0.717) is 10.1 Å². The summed E-state index contributed by atoms with van der Waals surface area (Å²) in [6.45, 7) is 0.776. The maximum absolute atomic E-state index is 12.5. The number of ketones is 1. The van der Waals surface area contributed by atoms with Crippen molar-refractivity contribution in [2.45, 2.75) is 47.7 Å². The zero-order valence-electron chi connectivity index (χ0n) is 8.24. The Morgan fingerprint density at radius 2 is 1.47 bits per heavy atom. The Morgan fingerprint density at radius 1 is 1.00 bits per heavy atom. The van der Waals surface area contributed by atoms with E-state index in [0.717, 1.165) is 9.63 Å². The van der Waals surface area contributed by atoms with Gasteiger partial charge in [0.05, 0.1) is 0 Å². The standard InChI is InChI=1S/C8H7O.C5H5.Fe/c1-2-8(9)7-5-3-4-6-7;1-2-4-5-3-1;/h2-6H,1H2;1-5H;. The van der Waals surface area contributed by atoms with Crippen LogP contribution in [0.15, 0.2) is 12.7 Å². The first-order chi connectivity index (χ1) is 7.03. The summed E-state index contributed by atoms with van der Waals surface area (Å²) in [5.41, 5.74) is 0. The number of carbonyl (C=O) groups excluding carboxylic acids is 1. The zero-order valence-corrected chi connectivity index (χ0v) is 9.35. The molecule has 0 aromatic carbocycles. The van der Waals surface area contributed by atoms with Gasteiger partial charge in [-0.1, -0.05) is 0 Å². The molecule has 0 radical (unpaired) electrons. The first kappa shape index (κ1) is 5.06. The van der Waals surface area contributed by atoms with Crippen LogP contribution in [-0.2, 0) is 11.3 Å². The molecule has 0 aromatic heterocycles. The van der Waals surface area contributed by atoms with Crippen molar-refractivity contribution in [3.8, 4) is 0 Å². The van der Waals surface area contributed by atoms with Crippen molar-refractivity contribution in [2.24, 2.45) is 0 Å². The molecule has 0 N–H and O–H groups in total. The molecule has 78 valence electrons. The summed E-state index contributed by atoms with van der Waals surface area (Å²) in [5, 5.41) is 0. The van der Waals surface area contributed by atoms with E-state index in [1.165, 1.54) is 33.7 Å². The maximum atomic E-state index is 12.5. The topological polar surface area (TPSA) is 17.1 Å². The van der Waals surface area contributed by atoms with Crippen LogP contribution in [0.25, 0.3) is 0 Å². The molecule has 0 amide bonds. The van der Waals surface area contributed by atoms with Gasteiger partial charge in [-0.3, -0.25) is 0 Å². The Hall–Kier alpha value is -0.0705. The van der Waals surface area contributed by atoms with E-state index in [9.17, 15) is 4.79 Å². The molecule has 10 fully saturated rings. The van der Waals surface area contributed by atoms with E-state index < -0.39 is 6.51 Å². The van der Waals surface area contributed by atoms with Crippen LogP contribution in [0.2, 0.25) is 47.7 Å². The molecule has 0 aliphatic carbocycles. The molecule has 4 unspecified atom stereocenters. The fourth-order valence-corrected chi connectivity index (χ4v) is 90.9. The minimum atomic E-state index is -3.05. The molecule has 2 heteroatoms. The summed E-state index contributed by atoms with van der Waals surface area (Å²) in [7, 11) is 0. The van der Waals surface area contributed by atoms with E-state index in [2.05, 4.69) is 6.58 Å². The monoisotopic (exact) mass is 240 g/mol. The molecule has 10 rings (SSSR count). The van der Waals surface area contributed by atoms with Gasteiger partial charge in [-0.15, -0.1) is 0 Å². The van der Waals surface area contributed by atoms with Crippen LogP contribution in [0.3, 0.4) is 0 Å². The third kappa shape index (κ3) is 0.0406. The van der Waals surface area contributed by atoms with Crippen LogP contribution in [0.4, 0.5) is 0 Å². The Balaban J connectivity index is 1.84. The van der Waals surface area contributed by atoms with Crippen molar-refractivity contribution in [2.75, 3.05) is 0 Å². The summed E-state index contributed by atoms with van der Waals surface area (Å²) in [5.74, 6) is 0.578. The third-order valence-corrected chi connectivity index (χ3v) is 57.6. The molecule has 1 nitrogen and oxygen atoms in total. The van der Waals surface area contributed by atoms with Crippen LogP contribution in [0.1, 0.15) is 0 Å². The van der Waals surface area contributed by atoms with Crippen molar-refractivity contribution >= 4 is 5.78 Å². The van der Waals surface area contributed by atoms with Crippen molar-refractivity contribution in [1.29, 1.82) is 0 Å². The summed E-state index contributed by atoms with van der Waals surface area (Å²) < 4.78 is 0.445. The molecular formula is C13H12FeO. The van der Waals surface area contributed by atoms with Gasteiger partial charge in [-0.2, -0.15) is 0 Å². The SMILES string of the molecule is C=CC(=O)[C]12[CH]3[CH]4[CH]5[CH]1[Fe]45321678[CH]2[CH]1[CH]6[CH]7[CH]28. The van der Waals surface area contributed by atoms with Crippen LogP contribution in [0.5, 0.6) is 0 Å². The Kier molecular flexibility index (Phi) is 0.117. The molecule has 0 bridgehead atoms. The average Bonchev–Trinajstić information content (AvgIpc) is 3.18. The summed E-state index contributed by atoms with van der Waals surface area (Å²) in [4.78, 5) is 23.7. The third-order valence-electron chi connectivity index (χ3n) is 15.2.